The molecule has 5 aromatic carbocycles. The van der Waals surface area contributed by atoms with Gasteiger partial charge in [0.05, 0.1) is 18.8 Å². The van der Waals surface area contributed by atoms with Gasteiger partial charge in [0.25, 0.3) is 5.22 Å². The predicted molar refractivity (Wildman–Crippen MR) is 204 cm³/mol. The molecule has 52 heavy (non-hydrogen) atoms. The van der Waals surface area contributed by atoms with E-state index in [4.69, 9.17) is 18.9 Å². The van der Waals surface area contributed by atoms with Crippen LogP contribution in [0.2, 0.25) is 0 Å². The Hall–Kier alpha value is -5.19. The fourth-order valence-corrected chi connectivity index (χ4v) is 7.14. The number of nitrogens with zero attached hydrogens (tertiary/aromatic N) is 1. The van der Waals surface area contributed by atoms with Crippen molar-refractivity contribution in [3.8, 4) is 33.7 Å². The highest BCUT2D eigenvalue weighted by Gasteiger charge is 2.33. The predicted octanol–water partition coefficient (Wildman–Crippen LogP) is 9.32. The highest BCUT2D eigenvalue weighted by molar-refractivity contribution is 7.99. The summed E-state index contributed by atoms with van der Waals surface area (Å²) in [7, 11) is 0. The zero-order chi connectivity index (χ0) is 35.7. The number of aromatic nitrogens is 1. The molecule has 3 N–H and O–H groups in total. The van der Waals surface area contributed by atoms with Gasteiger partial charge in [-0.25, -0.2) is 9.78 Å². The lowest BCUT2D eigenvalue weighted by atomic mass is 9.98. The van der Waals surface area contributed by atoms with E-state index in [0.717, 1.165) is 56.0 Å². The molecule has 1 aliphatic heterocycles. The molecule has 9 heteroatoms. The van der Waals surface area contributed by atoms with E-state index >= 15 is 0 Å². The van der Waals surface area contributed by atoms with Crippen LogP contribution in [0.1, 0.15) is 48.0 Å². The van der Waals surface area contributed by atoms with Crippen LogP contribution in [0.15, 0.2) is 143 Å². The van der Waals surface area contributed by atoms with E-state index < -0.39 is 6.29 Å². The van der Waals surface area contributed by atoms with Gasteiger partial charge < -0.3 is 29.6 Å². The molecule has 2 amide bonds. The largest absolute Gasteiger partial charge is 0.431 e. The van der Waals surface area contributed by atoms with Crippen LogP contribution in [-0.2, 0) is 22.6 Å². The number of amides is 2. The molecule has 0 unspecified atom stereocenters. The van der Waals surface area contributed by atoms with Crippen LogP contribution in [0.25, 0.3) is 33.7 Å². The molecule has 264 valence electrons. The Bertz CT molecular complexity index is 2000. The number of urea groups is 1. The summed E-state index contributed by atoms with van der Waals surface area (Å²) in [6.07, 6.45) is -0.347. The molecule has 2 heterocycles. The molecule has 1 aromatic heterocycles. The van der Waals surface area contributed by atoms with Gasteiger partial charge >= 0.3 is 6.03 Å². The molecular formula is C43H41N3O5S. The van der Waals surface area contributed by atoms with Crippen molar-refractivity contribution >= 4 is 17.8 Å². The Balaban J connectivity index is 1.12. The molecule has 8 nitrogen and oxygen atoms in total. The molecule has 1 saturated heterocycles. The van der Waals surface area contributed by atoms with Gasteiger partial charge in [0.2, 0.25) is 0 Å². The van der Waals surface area contributed by atoms with Gasteiger partial charge in [-0.1, -0.05) is 145 Å². The number of rotatable bonds is 12. The van der Waals surface area contributed by atoms with Crippen molar-refractivity contribution in [3.05, 3.63) is 156 Å². The molecule has 0 aliphatic carbocycles. The molecule has 3 atom stereocenters. The normalized spacial score (nSPS) is 17.1. The second-order valence-electron chi connectivity index (χ2n) is 12.5. The Kier molecular flexibility index (Phi) is 11.4. The highest BCUT2D eigenvalue weighted by atomic mass is 32.2. The first-order valence-corrected chi connectivity index (χ1v) is 18.5. The highest BCUT2D eigenvalue weighted by Crippen LogP contribution is 2.41. The van der Waals surface area contributed by atoms with Crippen LogP contribution in [-0.4, -0.2) is 34.5 Å². The zero-order valence-corrected chi connectivity index (χ0v) is 29.7. The number of benzene rings is 5. The van der Waals surface area contributed by atoms with Crippen molar-refractivity contribution in [1.82, 2.24) is 15.6 Å². The maximum absolute atomic E-state index is 12.1. The molecule has 7 rings (SSSR count). The number of hydrogen-bond donors (Lipinski definition) is 3. The van der Waals surface area contributed by atoms with Crippen molar-refractivity contribution < 1.29 is 23.8 Å². The number of nitrogens with one attached hydrogen (secondary N) is 2. The Morgan fingerprint density at radius 3 is 2.15 bits per heavy atom. The van der Waals surface area contributed by atoms with Gasteiger partial charge in [-0.15, -0.1) is 0 Å². The molecule has 1 fully saturated rings. The van der Waals surface area contributed by atoms with E-state index in [1.165, 1.54) is 11.8 Å². The lowest BCUT2D eigenvalue weighted by Gasteiger charge is -2.36. The lowest BCUT2D eigenvalue weighted by molar-refractivity contribution is -0.245. The van der Waals surface area contributed by atoms with Gasteiger partial charge in [0.15, 0.2) is 12.1 Å². The fourth-order valence-electron chi connectivity index (χ4n) is 6.30. The number of oxazole rings is 1. The minimum absolute atomic E-state index is 0.0135. The summed E-state index contributed by atoms with van der Waals surface area (Å²) >= 11 is 1.54. The van der Waals surface area contributed by atoms with Crippen molar-refractivity contribution in [1.29, 1.82) is 0 Å². The summed E-state index contributed by atoms with van der Waals surface area (Å²) in [5.74, 6) is 1.35. The minimum atomic E-state index is -0.602. The van der Waals surface area contributed by atoms with E-state index in [9.17, 15) is 9.90 Å². The van der Waals surface area contributed by atoms with Gasteiger partial charge in [0.1, 0.15) is 5.69 Å². The zero-order valence-electron chi connectivity index (χ0n) is 28.9. The summed E-state index contributed by atoms with van der Waals surface area (Å²) in [4.78, 5) is 17.0. The second-order valence-corrected chi connectivity index (χ2v) is 13.5. The van der Waals surface area contributed by atoms with Crippen LogP contribution >= 0.6 is 11.8 Å². The summed E-state index contributed by atoms with van der Waals surface area (Å²) < 4.78 is 19.7. The van der Waals surface area contributed by atoms with Crippen molar-refractivity contribution in [2.45, 2.75) is 50.2 Å². The number of thioether (sulfide) groups is 1. The van der Waals surface area contributed by atoms with Crippen molar-refractivity contribution in [2.24, 2.45) is 0 Å². The second kappa shape index (κ2) is 16.9. The van der Waals surface area contributed by atoms with Crippen molar-refractivity contribution in [2.75, 3.05) is 12.3 Å². The number of carbonyl (C=O) groups excluding carboxylic acids is 1. The summed E-state index contributed by atoms with van der Waals surface area (Å²) in [6.45, 7) is 2.86. The molecule has 0 bridgehead atoms. The van der Waals surface area contributed by atoms with Crippen LogP contribution in [0, 0.1) is 0 Å². The quantitative estimate of drug-likeness (QED) is 0.109. The monoisotopic (exact) mass is 711 g/mol. The van der Waals surface area contributed by atoms with E-state index in [0.29, 0.717) is 30.5 Å². The smallest absolute Gasteiger partial charge is 0.315 e. The molecular weight excluding hydrogens is 671 g/mol. The topological polar surface area (TPSA) is 106 Å². The third-order valence-electron chi connectivity index (χ3n) is 8.99. The van der Waals surface area contributed by atoms with Crippen LogP contribution in [0.4, 0.5) is 4.79 Å². The maximum atomic E-state index is 12.1. The number of aliphatic hydroxyl groups excluding tert-OH is 1. The Labute approximate surface area is 308 Å². The standard InChI is InChI=1S/C43H41N3O5S/c1-2-44-42(48)45-26-35-15-9-10-16-37(35)30-21-23-34(24-22-30)41-49-36(25-38(50-41)31-19-17-29(27-47)18-20-31)28-52-43-46-39(32-11-5-3-6-12-32)40(51-43)33-13-7-4-8-14-33/h3-24,36,38,41,47H,2,25-28H2,1H3,(H2,44,45,48)/t36-,38+,41+/m0/s1. The summed E-state index contributed by atoms with van der Waals surface area (Å²) in [5, 5.41) is 15.9. The van der Waals surface area contributed by atoms with E-state index in [1.807, 2.05) is 122 Å². The SMILES string of the molecule is CCNC(=O)NCc1ccccc1-c1ccc([C@@H]2O[C@H](CSc3nc(-c4ccccc4)c(-c4ccccc4)o3)C[C@H](c3ccc(CO)cc3)O2)cc1. The Morgan fingerprint density at radius 2 is 1.44 bits per heavy atom. The number of aliphatic hydroxyl groups is 1. The van der Waals surface area contributed by atoms with E-state index in [2.05, 4.69) is 28.8 Å². The minimum Gasteiger partial charge on any atom is -0.431 e. The molecule has 0 saturated carbocycles. The molecule has 0 radical (unpaired) electrons. The molecule has 1 aliphatic rings. The van der Waals surface area contributed by atoms with Crippen LogP contribution in [0.3, 0.4) is 0 Å². The Morgan fingerprint density at radius 1 is 0.769 bits per heavy atom. The first-order valence-electron chi connectivity index (χ1n) is 17.5. The first-order chi connectivity index (χ1) is 25.6. The average molecular weight is 712 g/mol. The lowest BCUT2D eigenvalue weighted by Crippen LogP contribution is -2.34. The third-order valence-corrected chi connectivity index (χ3v) is 9.95. The number of carbonyl (C=O) groups is 1. The van der Waals surface area contributed by atoms with Gasteiger partial charge in [0, 0.05) is 42.0 Å². The molecule has 0 spiro atoms. The van der Waals surface area contributed by atoms with Gasteiger partial charge in [-0.2, -0.15) is 0 Å². The third kappa shape index (κ3) is 8.46. The van der Waals surface area contributed by atoms with Gasteiger partial charge in [-0.05, 0) is 34.7 Å². The van der Waals surface area contributed by atoms with Crippen LogP contribution in [0.5, 0.6) is 0 Å². The first kappa shape index (κ1) is 35.2. The average Bonchev–Trinajstić information content (AvgIpc) is 3.65. The summed E-state index contributed by atoms with van der Waals surface area (Å²) in [6, 6.07) is 44.2. The molecule has 6 aromatic rings. The fraction of sp³-hybridized carbons (Fsp3) is 0.209. The maximum Gasteiger partial charge on any atom is 0.315 e. The van der Waals surface area contributed by atoms with Crippen molar-refractivity contribution in [3.63, 3.8) is 0 Å². The summed E-state index contributed by atoms with van der Waals surface area (Å²) in [5.41, 5.74) is 8.65. The van der Waals surface area contributed by atoms with Crippen LogP contribution < -0.4 is 10.6 Å². The number of ether oxygens (including phenoxy) is 2. The number of hydrogen-bond acceptors (Lipinski definition) is 7. The van der Waals surface area contributed by atoms with Gasteiger partial charge in [-0.3, -0.25) is 0 Å². The van der Waals surface area contributed by atoms with E-state index in [1.54, 1.807) is 0 Å². The van der Waals surface area contributed by atoms with E-state index in [-0.39, 0.29) is 24.8 Å².